The fourth-order valence-electron chi connectivity index (χ4n) is 3.32. The lowest BCUT2D eigenvalue weighted by atomic mass is 9.98. The van der Waals surface area contributed by atoms with Crippen molar-refractivity contribution in [2.75, 3.05) is 20.2 Å². The van der Waals surface area contributed by atoms with Crippen LogP contribution in [0, 0.1) is 5.92 Å². The van der Waals surface area contributed by atoms with Gasteiger partial charge in [0, 0.05) is 24.7 Å². The van der Waals surface area contributed by atoms with Gasteiger partial charge in [0.15, 0.2) is 0 Å². The van der Waals surface area contributed by atoms with E-state index >= 15 is 0 Å². The standard InChI is InChI=1S/C19H21N3O5/c1-27-19(26)14-4-2-12(3-5-14)8-13-6-7-22(11-13)17(24)10-15-9-16(23)20-21-18(15)25/h2-5,9,13H,6-8,10-11H2,1H3,(H,20,23)(H,21,25). The van der Waals surface area contributed by atoms with Gasteiger partial charge in [0.1, 0.15) is 0 Å². The van der Waals surface area contributed by atoms with Crippen molar-refractivity contribution < 1.29 is 14.3 Å². The van der Waals surface area contributed by atoms with Crippen LogP contribution >= 0.6 is 0 Å². The zero-order valence-corrected chi connectivity index (χ0v) is 15.0. The van der Waals surface area contributed by atoms with Gasteiger partial charge in [-0.1, -0.05) is 12.1 Å². The van der Waals surface area contributed by atoms with E-state index < -0.39 is 11.1 Å². The van der Waals surface area contributed by atoms with E-state index in [1.54, 1.807) is 17.0 Å². The van der Waals surface area contributed by atoms with Crippen LogP contribution in [0.2, 0.25) is 0 Å². The van der Waals surface area contributed by atoms with Gasteiger partial charge in [0.25, 0.3) is 11.1 Å². The highest BCUT2D eigenvalue weighted by molar-refractivity contribution is 5.89. The fourth-order valence-corrected chi connectivity index (χ4v) is 3.32. The molecular formula is C19H21N3O5. The number of nitrogens with zero attached hydrogens (tertiary/aromatic N) is 1. The van der Waals surface area contributed by atoms with Crippen molar-refractivity contribution in [3.05, 3.63) is 67.7 Å². The predicted molar refractivity (Wildman–Crippen MR) is 97.6 cm³/mol. The van der Waals surface area contributed by atoms with Crippen molar-refractivity contribution >= 4 is 11.9 Å². The largest absolute Gasteiger partial charge is 0.465 e. The molecule has 1 saturated heterocycles. The molecule has 1 atom stereocenters. The first-order valence-corrected chi connectivity index (χ1v) is 8.72. The van der Waals surface area contributed by atoms with Crippen molar-refractivity contribution in [1.82, 2.24) is 15.1 Å². The average Bonchev–Trinajstić information content (AvgIpc) is 3.13. The molecule has 8 heteroatoms. The average molecular weight is 371 g/mol. The number of carbonyl (C=O) groups excluding carboxylic acids is 2. The van der Waals surface area contributed by atoms with Crippen LogP contribution in [-0.2, 0) is 22.4 Å². The number of esters is 1. The maximum absolute atomic E-state index is 12.4. The monoisotopic (exact) mass is 371 g/mol. The summed E-state index contributed by atoms with van der Waals surface area (Å²) in [4.78, 5) is 48.6. The quantitative estimate of drug-likeness (QED) is 0.743. The molecule has 0 radical (unpaired) electrons. The second-order valence-corrected chi connectivity index (χ2v) is 6.68. The number of H-pyrrole nitrogens is 2. The Hall–Kier alpha value is -3.16. The van der Waals surface area contributed by atoms with Crippen LogP contribution in [0.4, 0.5) is 0 Å². The van der Waals surface area contributed by atoms with Crippen LogP contribution < -0.4 is 11.1 Å². The van der Waals surface area contributed by atoms with E-state index in [0.29, 0.717) is 24.6 Å². The topological polar surface area (TPSA) is 112 Å². The molecule has 8 nitrogen and oxygen atoms in total. The summed E-state index contributed by atoms with van der Waals surface area (Å²) in [6.07, 6.45) is 1.59. The molecule has 1 amide bonds. The van der Waals surface area contributed by atoms with Gasteiger partial charge >= 0.3 is 5.97 Å². The number of benzene rings is 1. The number of aromatic amines is 2. The van der Waals surface area contributed by atoms with Crippen LogP contribution in [0.25, 0.3) is 0 Å². The highest BCUT2D eigenvalue weighted by atomic mass is 16.5. The van der Waals surface area contributed by atoms with Crippen LogP contribution in [-0.4, -0.2) is 47.2 Å². The van der Waals surface area contributed by atoms with Crippen LogP contribution in [0.15, 0.2) is 39.9 Å². The summed E-state index contributed by atoms with van der Waals surface area (Å²) in [6, 6.07) is 8.42. The lowest BCUT2D eigenvalue weighted by Crippen LogP contribution is -2.33. The Kier molecular flexibility index (Phi) is 5.54. The molecule has 0 saturated carbocycles. The maximum atomic E-state index is 12.4. The predicted octanol–water partition coefficient (Wildman–Crippen LogP) is 0.484. The second kappa shape index (κ2) is 8.03. The SMILES string of the molecule is COC(=O)c1ccc(CC2CCN(C(=O)Cc3cc(=O)[nH][nH]c3=O)C2)cc1. The van der Waals surface area contributed by atoms with Gasteiger partial charge in [0.2, 0.25) is 5.91 Å². The van der Waals surface area contributed by atoms with Crippen molar-refractivity contribution in [3.63, 3.8) is 0 Å². The van der Waals surface area contributed by atoms with Crippen molar-refractivity contribution in [2.24, 2.45) is 5.92 Å². The minimum absolute atomic E-state index is 0.0835. The third-order valence-electron chi connectivity index (χ3n) is 4.78. The molecular weight excluding hydrogens is 350 g/mol. The molecule has 1 aromatic heterocycles. The molecule has 2 N–H and O–H groups in total. The molecule has 0 bridgehead atoms. The van der Waals surface area contributed by atoms with E-state index in [1.165, 1.54) is 7.11 Å². The van der Waals surface area contributed by atoms with Crippen molar-refractivity contribution in [1.29, 1.82) is 0 Å². The van der Waals surface area contributed by atoms with Crippen LogP contribution in [0.3, 0.4) is 0 Å². The van der Waals surface area contributed by atoms with Crippen molar-refractivity contribution in [3.8, 4) is 0 Å². The minimum Gasteiger partial charge on any atom is -0.465 e. The molecule has 142 valence electrons. The first-order valence-electron chi connectivity index (χ1n) is 8.72. The molecule has 2 heterocycles. The number of methoxy groups -OCH3 is 1. The normalized spacial score (nSPS) is 16.3. The molecule has 1 aliphatic heterocycles. The summed E-state index contributed by atoms with van der Waals surface area (Å²) in [5.41, 5.74) is 0.877. The van der Waals surface area contributed by atoms with E-state index in [-0.39, 0.29) is 23.9 Å². The Morgan fingerprint density at radius 1 is 1.19 bits per heavy atom. The lowest BCUT2D eigenvalue weighted by molar-refractivity contribution is -0.129. The molecule has 1 aromatic carbocycles. The highest BCUT2D eigenvalue weighted by Gasteiger charge is 2.26. The molecule has 1 fully saturated rings. The zero-order chi connectivity index (χ0) is 19.4. The molecule has 3 rings (SSSR count). The Balaban J connectivity index is 1.57. The Labute approximate surface area is 155 Å². The summed E-state index contributed by atoms with van der Waals surface area (Å²) in [7, 11) is 1.35. The fraction of sp³-hybridized carbons (Fsp3) is 0.368. The number of hydrogen-bond donors (Lipinski definition) is 2. The molecule has 1 aliphatic rings. The molecule has 2 aromatic rings. The number of nitrogens with one attached hydrogen (secondary N) is 2. The van der Waals surface area contributed by atoms with Crippen molar-refractivity contribution in [2.45, 2.75) is 19.3 Å². The molecule has 0 aliphatic carbocycles. The first-order chi connectivity index (χ1) is 13.0. The third-order valence-corrected chi connectivity index (χ3v) is 4.78. The second-order valence-electron chi connectivity index (χ2n) is 6.68. The smallest absolute Gasteiger partial charge is 0.337 e. The van der Waals surface area contributed by atoms with E-state index in [2.05, 4.69) is 14.9 Å². The number of hydrogen-bond acceptors (Lipinski definition) is 5. The third kappa shape index (κ3) is 4.52. The number of rotatable bonds is 5. The van der Waals surface area contributed by atoms with E-state index in [1.807, 2.05) is 12.1 Å². The first kappa shape index (κ1) is 18.6. The number of aromatic nitrogens is 2. The van der Waals surface area contributed by atoms with Gasteiger partial charge in [-0.3, -0.25) is 24.6 Å². The zero-order valence-electron chi connectivity index (χ0n) is 15.0. The Morgan fingerprint density at radius 2 is 1.93 bits per heavy atom. The maximum Gasteiger partial charge on any atom is 0.337 e. The Bertz CT molecular complexity index is 945. The van der Waals surface area contributed by atoms with Gasteiger partial charge in [-0.15, -0.1) is 0 Å². The van der Waals surface area contributed by atoms with Gasteiger partial charge in [-0.25, -0.2) is 4.79 Å². The van der Waals surface area contributed by atoms with E-state index in [9.17, 15) is 19.2 Å². The van der Waals surface area contributed by atoms with Crippen LogP contribution in [0.5, 0.6) is 0 Å². The van der Waals surface area contributed by atoms with E-state index in [0.717, 1.165) is 24.5 Å². The molecule has 0 spiro atoms. The van der Waals surface area contributed by atoms with Gasteiger partial charge in [-0.2, -0.15) is 0 Å². The highest BCUT2D eigenvalue weighted by Crippen LogP contribution is 2.21. The van der Waals surface area contributed by atoms with Gasteiger partial charge in [-0.05, 0) is 36.5 Å². The number of ether oxygens (including phenoxy) is 1. The van der Waals surface area contributed by atoms with Crippen LogP contribution in [0.1, 0.15) is 27.9 Å². The summed E-state index contributed by atoms with van der Waals surface area (Å²) in [5.74, 6) is -0.209. The summed E-state index contributed by atoms with van der Waals surface area (Å²) in [5, 5.41) is 4.41. The summed E-state index contributed by atoms with van der Waals surface area (Å²) >= 11 is 0. The number of amides is 1. The minimum atomic E-state index is -0.454. The number of carbonyl (C=O) groups is 2. The molecule has 1 unspecified atom stereocenters. The Morgan fingerprint density at radius 3 is 2.63 bits per heavy atom. The summed E-state index contributed by atoms with van der Waals surface area (Å²) in [6.45, 7) is 1.24. The van der Waals surface area contributed by atoms with Gasteiger partial charge < -0.3 is 9.64 Å². The van der Waals surface area contributed by atoms with Gasteiger partial charge in [0.05, 0.1) is 19.1 Å². The lowest BCUT2D eigenvalue weighted by Gasteiger charge is -2.16. The summed E-state index contributed by atoms with van der Waals surface area (Å²) < 4.78 is 4.69. The van der Waals surface area contributed by atoms with E-state index in [4.69, 9.17) is 0 Å². The molecule has 27 heavy (non-hydrogen) atoms. The number of likely N-dealkylation sites (tertiary alicyclic amines) is 1.